The van der Waals surface area contributed by atoms with E-state index in [1.165, 1.54) is 6.08 Å². The fraction of sp³-hybridized carbons (Fsp3) is 0.111. The first-order valence-corrected chi connectivity index (χ1v) is 7.04. The zero-order chi connectivity index (χ0) is 16.8. The number of nitrogens with one attached hydrogen (secondary N) is 1. The molecule has 3 N–H and O–H groups in total. The lowest BCUT2D eigenvalue weighted by molar-refractivity contribution is -0.111. The maximum Gasteiger partial charge on any atom is 0.250 e. The molecule has 2 aromatic rings. The third kappa shape index (κ3) is 4.20. The average molecular weight is 310 g/mol. The lowest BCUT2D eigenvalue weighted by Gasteiger charge is -2.07. The van der Waals surface area contributed by atoms with Crippen LogP contribution >= 0.6 is 0 Å². The summed E-state index contributed by atoms with van der Waals surface area (Å²) in [4.78, 5) is 23.4. The first-order chi connectivity index (χ1) is 11.0. The first kappa shape index (κ1) is 16.3. The number of primary amides is 1. The van der Waals surface area contributed by atoms with Crippen molar-refractivity contribution in [1.82, 2.24) is 0 Å². The Morgan fingerprint density at radius 3 is 2.61 bits per heavy atom. The van der Waals surface area contributed by atoms with E-state index in [4.69, 9.17) is 10.5 Å². The molecule has 0 saturated heterocycles. The summed E-state index contributed by atoms with van der Waals surface area (Å²) in [5.41, 5.74) is 7.79. The summed E-state index contributed by atoms with van der Waals surface area (Å²) in [5.74, 6) is -0.273. The van der Waals surface area contributed by atoms with Crippen LogP contribution < -0.4 is 15.8 Å². The fourth-order valence-corrected chi connectivity index (χ4v) is 2.13. The predicted octanol–water partition coefficient (Wildman–Crippen LogP) is 2.75. The van der Waals surface area contributed by atoms with Crippen molar-refractivity contribution in [3.05, 3.63) is 65.2 Å². The molecule has 2 amide bonds. The number of methoxy groups -OCH3 is 1. The zero-order valence-corrected chi connectivity index (χ0v) is 13.0. The third-order valence-electron chi connectivity index (χ3n) is 3.25. The Labute approximate surface area is 134 Å². The van der Waals surface area contributed by atoms with Gasteiger partial charge in [0.25, 0.3) is 5.91 Å². The van der Waals surface area contributed by atoms with Gasteiger partial charge in [0.05, 0.1) is 18.4 Å². The highest BCUT2D eigenvalue weighted by Crippen LogP contribution is 2.21. The highest BCUT2D eigenvalue weighted by Gasteiger charge is 2.08. The number of hydrogen-bond acceptors (Lipinski definition) is 3. The number of carbonyl (C=O) groups excluding carboxylic acids is 2. The number of aryl methyl sites for hydroxylation is 1. The number of carbonyl (C=O) groups is 2. The van der Waals surface area contributed by atoms with Gasteiger partial charge < -0.3 is 15.8 Å². The minimum absolute atomic E-state index is 0.266. The molecule has 0 aliphatic rings. The molecular formula is C18H18N2O3. The van der Waals surface area contributed by atoms with Crippen LogP contribution in [0.2, 0.25) is 0 Å². The van der Waals surface area contributed by atoms with Crippen LogP contribution in [0.3, 0.4) is 0 Å². The van der Waals surface area contributed by atoms with Gasteiger partial charge in [-0.1, -0.05) is 23.8 Å². The molecule has 0 aliphatic heterocycles. The monoisotopic (exact) mass is 310 g/mol. The SMILES string of the molecule is COc1ccc(C)cc1C=CC(=O)Nc1ccccc1C(N)=O. The quantitative estimate of drug-likeness (QED) is 0.833. The van der Waals surface area contributed by atoms with E-state index >= 15 is 0 Å². The van der Waals surface area contributed by atoms with E-state index in [9.17, 15) is 9.59 Å². The first-order valence-electron chi connectivity index (χ1n) is 7.04. The number of anilines is 1. The van der Waals surface area contributed by atoms with E-state index in [2.05, 4.69) is 5.32 Å². The van der Waals surface area contributed by atoms with E-state index in [1.54, 1.807) is 37.5 Å². The zero-order valence-electron chi connectivity index (χ0n) is 13.0. The summed E-state index contributed by atoms with van der Waals surface area (Å²) in [7, 11) is 1.57. The molecule has 0 heterocycles. The normalized spacial score (nSPS) is 10.5. The molecule has 0 aromatic heterocycles. The number of para-hydroxylation sites is 1. The van der Waals surface area contributed by atoms with Crippen LogP contribution in [0.1, 0.15) is 21.5 Å². The van der Waals surface area contributed by atoms with Gasteiger partial charge in [-0.25, -0.2) is 0 Å². The number of ether oxygens (including phenoxy) is 1. The van der Waals surface area contributed by atoms with E-state index in [1.807, 2.05) is 25.1 Å². The van der Waals surface area contributed by atoms with Crippen LogP contribution in [0.15, 0.2) is 48.5 Å². The maximum absolute atomic E-state index is 12.1. The van der Waals surface area contributed by atoms with Crippen molar-refractivity contribution in [3.63, 3.8) is 0 Å². The highest BCUT2D eigenvalue weighted by molar-refractivity contribution is 6.07. The molecule has 0 spiro atoms. The number of amides is 2. The van der Waals surface area contributed by atoms with Crippen LogP contribution in [0.25, 0.3) is 6.08 Å². The van der Waals surface area contributed by atoms with Gasteiger partial charge in [-0.2, -0.15) is 0 Å². The molecule has 5 heteroatoms. The summed E-state index contributed by atoms with van der Waals surface area (Å²) in [6.45, 7) is 1.96. The lowest BCUT2D eigenvalue weighted by atomic mass is 10.1. The maximum atomic E-state index is 12.1. The van der Waals surface area contributed by atoms with Crippen LogP contribution in [0.5, 0.6) is 5.75 Å². The Morgan fingerprint density at radius 2 is 1.91 bits per heavy atom. The molecule has 2 rings (SSSR count). The molecule has 0 saturated carbocycles. The molecule has 23 heavy (non-hydrogen) atoms. The number of nitrogens with two attached hydrogens (primary N) is 1. The van der Waals surface area contributed by atoms with Crippen molar-refractivity contribution in [2.75, 3.05) is 12.4 Å². The minimum Gasteiger partial charge on any atom is -0.496 e. The smallest absolute Gasteiger partial charge is 0.250 e. The van der Waals surface area contributed by atoms with Crippen molar-refractivity contribution in [2.45, 2.75) is 6.92 Å². The number of benzene rings is 2. The Hall–Kier alpha value is -3.08. The highest BCUT2D eigenvalue weighted by atomic mass is 16.5. The van der Waals surface area contributed by atoms with Crippen LogP contribution in [-0.2, 0) is 4.79 Å². The fourth-order valence-electron chi connectivity index (χ4n) is 2.13. The molecule has 0 bridgehead atoms. The van der Waals surface area contributed by atoms with Gasteiger partial charge in [0.1, 0.15) is 5.75 Å². The van der Waals surface area contributed by atoms with Gasteiger partial charge >= 0.3 is 0 Å². The summed E-state index contributed by atoms with van der Waals surface area (Å²) < 4.78 is 5.26. The Balaban J connectivity index is 2.17. The molecule has 5 nitrogen and oxygen atoms in total. The number of hydrogen-bond donors (Lipinski definition) is 2. The molecular weight excluding hydrogens is 292 g/mol. The van der Waals surface area contributed by atoms with Crippen molar-refractivity contribution in [1.29, 1.82) is 0 Å². The molecule has 118 valence electrons. The minimum atomic E-state index is -0.592. The summed E-state index contributed by atoms with van der Waals surface area (Å²) in [6.07, 6.45) is 3.04. The molecule has 2 aromatic carbocycles. The second kappa shape index (κ2) is 7.26. The Morgan fingerprint density at radius 1 is 1.17 bits per heavy atom. The molecule has 0 fully saturated rings. The topological polar surface area (TPSA) is 81.4 Å². The largest absolute Gasteiger partial charge is 0.496 e. The molecule has 0 atom stereocenters. The molecule has 0 radical (unpaired) electrons. The van der Waals surface area contributed by atoms with Gasteiger partial charge in [0, 0.05) is 11.6 Å². The second-order valence-corrected chi connectivity index (χ2v) is 4.98. The van der Waals surface area contributed by atoms with Crippen LogP contribution in [0, 0.1) is 6.92 Å². The standard InChI is InChI=1S/C18H18N2O3/c1-12-7-9-16(23-2)13(11-12)8-10-17(21)20-15-6-4-3-5-14(15)18(19)22/h3-11H,1-2H3,(H2,19,22)(H,20,21). The van der Waals surface area contributed by atoms with Crippen molar-refractivity contribution in [2.24, 2.45) is 5.73 Å². The van der Waals surface area contributed by atoms with Gasteiger partial charge in [-0.05, 0) is 37.3 Å². The Kier molecular flexibility index (Phi) is 5.15. The van der Waals surface area contributed by atoms with Crippen LogP contribution in [-0.4, -0.2) is 18.9 Å². The predicted molar refractivity (Wildman–Crippen MR) is 90.4 cm³/mol. The van der Waals surface area contributed by atoms with Crippen molar-refractivity contribution < 1.29 is 14.3 Å². The van der Waals surface area contributed by atoms with Crippen molar-refractivity contribution in [3.8, 4) is 5.75 Å². The molecule has 0 aliphatic carbocycles. The van der Waals surface area contributed by atoms with E-state index in [-0.39, 0.29) is 11.5 Å². The second-order valence-electron chi connectivity index (χ2n) is 4.98. The van der Waals surface area contributed by atoms with Crippen LogP contribution in [0.4, 0.5) is 5.69 Å². The number of rotatable bonds is 5. The Bertz CT molecular complexity index is 767. The van der Waals surface area contributed by atoms with Gasteiger partial charge in [0.15, 0.2) is 0 Å². The van der Waals surface area contributed by atoms with E-state index in [0.717, 1.165) is 11.1 Å². The third-order valence-corrected chi connectivity index (χ3v) is 3.25. The van der Waals surface area contributed by atoms with E-state index in [0.29, 0.717) is 11.4 Å². The van der Waals surface area contributed by atoms with E-state index < -0.39 is 5.91 Å². The summed E-state index contributed by atoms with van der Waals surface area (Å²) in [5, 5.41) is 2.65. The lowest BCUT2D eigenvalue weighted by Crippen LogP contribution is -2.16. The van der Waals surface area contributed by atoms with Gasteiger partial charge in [0.2, 0.25) is 5.91 Å². The van der Waals surface area contributed by atoms with Gasteiger partial charge in [-0.15, -0.1) is 0 Å². The van der Waals surface area contributed by atoms with Gasteiger partial charge in [-0.3, -0.25) is 9.59 Å². The summed E-state index contributed by atoms with van der Waals surface area (Å²) >= 11 is 0. The van der Waals surface area contributed by atoms with Crippen molar-refractivity contribution >= 4 is 23.6 Å². The summed E-state index contributed by atoms with van der Waals surface area (Å²) in [6, 6.07) is 12.3. The molecule has 0 unspecified atom stereocenters. The average Bonchev–Trinajstić information content (AvgIpc) is 2.53.